The third-order valence-electron chi connectivity index (χ3n) is 5.43. The third-order valence-corrected chi connectivity index (χ3v) is 6.76. The van der Waals surface area contributed by atoms with E-state index >= 15 is 0 Å². The number of fused-ring (bicyclic) bond motifs is 1. The number of nitrogens with one attached hydrogen (secondary N) is 1. The number of carbonyl (C=O) groups is 1. The zero-order chi connectivity index (χ0) is 23.7. The Morgan fingerprint density at radius 3 is 2.50 bits per heavy atom. The first kappa shape index (κ1) is 22.2. The molecule has 5 nitrogen and oxygen atoms in total. The predicted octanol–water partition coefficient (Wildman–Crippen LogP) is 7.00. The summed E-state index contributed by atoms with van der Waals surface area (Å²) in [6.07, 6.45) is 1.92. The number of hydrogen-bond donors (Lipinski definition) is 1. The predicted molar refractivity (Wildman–Crippen MR) is 139 cm³/mol. The van der Waals surface area contributed by atoms with E-state index in [2.05, 4.69) is 10.4 Å². The third kappa shape index (κ3) is 4.55. The lowest BCUT2D eigenvalue weighted by molar-refractivity contribution is 0.102. The number of aryl methyl sites for hydroxylation is 2. The zero-order valence-electron chi connectivity index (χ0n) is 18.6. The van der Waals surface area contributed by atoms with Crippen molar-refractivity contribution in [2.45, 2.75) is 16.7 Å². The van der Waals surface area contributed by atoms with Crippen molar-refractivity contribution in [2.24, 2.45) is 7.05 Å². The summed E-state index contributed by atoms with van der Waals surface area (Å²) in [4.78, 5) is 20.3. The van der Waals surface area contributed by atoms with Gasteiger partial charge in [0.25, 0.3) is 5.91 Å². The molecule has 2 aromatic heterocycles. The largest absolute Gasteiger partial charge is 0.321 e. The summed E-state index contributed by atoms with van der Waals surface area (Å²) in [6, 6.07) is 24.9. The Kier molecular flexibility index (Phi) is 6.09. The molecule has 168 valence electrons. The molecule has 0 aliphatic carbocycles. The summed E-state index contributed by atoms with van der Waals surface area (Å²) in [6.45, 7) is 1.94. The van der Waals surface area contributed by atoms with Crippen molar-refractivity contribution >= 4 is 45.9 Å². The van der Waals surface area contributed by atoms with Crippen molar-refractivity contribution < 1.29 is 4.79 Å². The van der Waals surface area contributed by atoms with Gasteiger partial charge < -0.3 is 5.32 Å². The van der Waals surface area contributed by atoms with Gasteiger partial charge in [0.1, 0.15) is 0 Å². The van der Waals surface area contributed by atoms with Gasteiger partial charge in [-0.3, -0.25) is 9.48 Å². The van der Waals surface area contributed by atoms with Crippen LogP contribution in [0.1, 0.15) is 16.1 Å². The number of hydrogen-bond acceptors (Lipinski definition) is 4. The molecule has 7 heteroatoms. The van der Waals surface area contributed by atoms with Gasteiger partial charge in [-0.25, -0.2) is 4.98 Å². The van der Waals surface area contributed by atoms with Crippen LogP contribution in [0.3, 0.4) is 0 Å². The van der Waals surface area contributed by atoms with Crippen molar-refractivity contribution in [1.82, 2.24) is 14.8 Å². The number of para-hydroxylation sites is 2. The highest BCUT2D eigenvalue weighted by Crippen LogP contribution is 2.35. The van der Waals surface area contributed by atoms with Gasteiger partial charge in [0, 0.05) is 39.0 Å². The van der Waals surface area contributed by atoms with Gasteiger partial charge in [-0.1, -0.05) is 53.7 Å². The first-order valence-electron chi connectivity index (χ1n) is 10.7. The molecular formula is C27H21ClN4OS. The number of aromatic nitrogens is 3. The molecule has 0 saturated heterocycles. The summed E-state index contributed by atoms with van der Waals surface area (Å²) in [5, 5.41) is 9.04. The molecule has 0 unspecified atom stereocenters. The van der Waals surface area contributed by atoms with Crippen LogP contribution in [-0.4, -0.2) is 20.7 Å². The first-order valence-corrected chi connectivity index (χ1v) is 11.9. The molecule has 0 spiro atoms. The van der Waals surface area contributed by atoms with Crippen molar-refractivity contribution in [1.29, 1.82) is 0 Å². The van der Waals surface area contributed by atoms with Crippen LogP contribution in [-0.2, 0) is 7.05 Å². The van der Waals surface area contributed by atoms with Crippen LogP contribution in [0, 0.1) is 6.92 Å². The molecule has 5 rings (SSSR count). The maximum absolute atomic E-state index is 13.6. The van der Waals surface area contributed by atoms with Gasteiger partial charge in [0.05, 0.1) is 28.2 Å². The number of amides is 1. The normalized spacial score (nSPS) is 11.0. The quantitative estimate of drug-likeness (QED) is 0.291. The average Bonchev–Trinajstić information content (AvgIpc) is 3.18. The Bertz CT molecular complexity index is 1510. The zero-order valence-corrected chi connectivity index (χ0v) is 20.2. The van der Waals surface area contributed by atoms with Crippen molar-refractivity contribution in [3.63, 3.8) is 0 Å². The summed E-state index contributed by atoms with van der Waals surface area (Å²) in [5.41, 5.74) is 4.56. The number of carbonyl (C=O) groups excluding carboxylic acids is 1. The van der Waals surface area contributed by atoms with Crippen LogP contribution < -0.4 is 5.32 Å². The van der Waals surface area contributed by atoms with Crippen molar-refractivity contribution in [3.8, 4) is 11.3 Å². The Labute approximate surface area is 206 Å². The van der Waals surface area contributed by atoms with Gasteiger partial charge in [-0.05, 0) is 55.5 Å². The van der Waals surface area contributed by atoms with Crippen LogP contribution in [0.5, 0.6) is 0 Å². The van der Waals surface area contributed by atoms with E-state index in [-0.39, 0.29) is 5.91 Å². The van der Waals surface area contributed by atoms with E-state index in [0.717, 1.165) is 43.3 Å². The number of anilines is 1. The van der Waals surface area contributed by atoms with E-state index in [4.69, 9.17) is 16.6 Å². The highest BCUT2D eigenvalue weighted by Gasteiger charge is 2.17. The molecule has 2 heterocycles. The highest BCUT2D eigenvalue weighted by atomic mass is 35.5. The van der Waals surface area contributed by atoms with Crippen LogP contribution in [0.4, 0.5) is 5.69 Å². The molecule has 0 radical (unpaired) electrons. The lowest BCUT2D eigenvalue weighted by Gasteiger charge is -2.13. The van der Waals surface area contributed by atoms with E-state index in [1.165, 1.54) is 0 Å². The molecule has 0 atom stereocenters. The summed E-state index contributed by atoms with van der Waals surface area (Å²) >= 11 is 7.59. The minimum atomic E-state index is -0.189. The molecule has 0 fully saturated rings. The monoisotopic (exact) mass is 484 g/mol. The lowest BCUT2D eigenvalue weighted by Crippen LogP contribution is -2.13. The second kappa shape index (κ2) is 9.33. The topological polar surface area (TPSA) is 59.8 Å². The molecule has 0 aliphatic heterocycles. The fourth-order valence-corrected chi connectivity index (χ4v) is 4.86. The fraction of sp³-hybridized carbons (Fsp3) is 0.0741. The van der Waals surface area contributed by atoms with Crippen molar-refractivity contribution in [3.05, 3.63) is 101 Å². The Morgan fingerprint density at radius 1 is 1.00 bits per heavy atom. The molecule has 1 N–H and O–H groups in total. The minimum Gasteiger partial charge on any atom is -0.321 e. The molecule has 0 aliphatic rings. The number of halogens is 1. The van der Waals surface area contributed by atoms with Gasteiger partial charge in [-0.2, -0.15) is 5.10 Å². The van der Waals surface area contributed by atoms with Gasteiger partial charge in [0.15, 0.2) is 0 Å². The van der Waals surface area contributed by atoms with Crippen LogP contribution in [0.15, 0.2) is 94.9 Å². The Hall–Kier alpha value is -3.61. The minimum absolute atomic E-state index is 0.189. The second-order valence-electron chi connectivity index (χ2n) is 7.88. The summed E-state index contributed by atoms with van der Waals surface area (Å²) in [5.74, 6) is -0.189. The maximum Gasteiger partial charge on any atom is 0.256 e. The Morgan fingerprint density at radius 2 is 1.74 bits per heavy atom. The van der Waals surface area contributed by atoms with E-state index in [1.54, 1.807) is 16.4 Å². The average molecular weight is 485 g/mol. The first-order chi connectivity index (χ1) is 16.5. The van der Waals surface area contributed by atoms with Crippen LogP contribution in [0.2, 0.25) is 5.02 Å². The van der Waals surface area contributed by atoms with Crippen LogP contribution in [0.25, 0.3) is 22.2 Å². The van der Waals surface area contributed by atoms with E-state index in [9.17, 15) is 4.79 Å². The number of benzene rings is 3. The number of pyridine rings is 1. The molecule has 0 bridgehead atoms. The molecule has 0 saturated carbocycles. The Balaban J connectivity index is 1.52. The van der Waals surface area contributed by atoms with Gasteiger partial charge in [0.2, 0.25) is 0 Å². The smallest absolute Gasteiger partial charge is 0.256 e. The maximum atomic E-state index is 13.6. The van der Waals surface area contributed by atoms with E-state index in [0.29, 0.717) is 10.6 Å². The van der Waals surface area contributed by atoms with E-state index < -0.39 is 0 Å². The van der Waals surface area contributed by atoms with Crippen LogP contribution >= 0.6 is 23.4 Å². The molecule has 5 aromatic rings. The molecule has 3 aromatic carbocycles. The standard InChI is InChI=1S/C27H21ClN4OS/c1-17-22(16-32(2)31-17)25-15-21(20-7-3-4-8-23(20)29-25)27(33)30-24-9-5-6-10-26(24)34-19-13-11-18(28)12-14-19/h3-16H,1-2H3,(H,30,33). The SMILES string of the molecule is Cc1nn(C)cc1-c1cc(C(=O)Nc2ccccc2Sc2ccc(Cl)cc2)c2ccccc2n1. The number of nitrogens with zero attached hydrogens (tertiary/aromatic N) is 3. The fourth-order valence-electron chi connectivity index (χ4n) is 3.83. The number of rotatable bonds is 5. The van der Waals surface area contributed by atoms with Gasteiger partial charge >= 0.3 is 0 Å². The molecular weight excluding hydrogens is 464 g/mol. The highest BCUT2D eigenvalue weighted by molar-refractivity contribution is 7.99. The van der Waals surface area contributed by atoms with E-state index in [1.807, 2.05) is 99.0 Å². The molecule has 34 heavy (non-hydrogen) atoms. The summed E-state index contributed by atoms with van der Waals surface area (Å²) < 4.78 is 1.76. The second-order valence-corrected chi connectivity index (χ2v) is 9.43. The summed E-state index contributed by atoms with van der Waals surface area (Å²) in [7, 11) is 1.88. The van der Waals surface area contributed by atoms with Gasteiger partial charge in [-0.15, -0.1) is 0 Å². The lowest BCUT2D eigenvalue weighted by atomic mass is 10.0. The van der Waals surface area contributed by atoms with Crippen molar-refractivity contribution in [2.75, 3.05) is 5.32 Å². The molecule has 1 amide bonds.